The highest BCUT2D eigenvalue weighted by Crippen LogP contribution is 2.30. The maximum atomic E-state index is 12.8. The Morgan fingerprint density at radius 1 is 1.12 bits per heavy atom. The molecule has 8 nitrogen and oxygen atoms in total. The third-order valence-electron chi connectivity index (χ3n) is 5.71. The molecule has 0 bridgehead atoms. The first-order valence-corrected chi connectivity index (χ1v) is 11.2. The minimum atomic E-state index is -0.698. The largest absolute Gasteiger partial charge is 0.364 e. The first-order valence-electron chi connectivity index (χ1n) is 10.4. The van der Waals surface area contributed by atoms with Crippen LogP contribution in [-0.4, -0.2) is 64.6 Å². The van der Waals surface area contributed by atoms with E-state index in [0.717, 1.165) is 19.5 Å². The van der Waals surface area contributed by atoms with Crippen LogP contribution in [0.2, 0.25) is 10.0 Å². The number of amides is 2. The van der Waals surface area contributed by atoms with E-state index in [-0.39, 0.29) is 11.6 Å². The van der Waals surface area contributed by atoms with Gasteiger partial charge in [0.2, 0.25) is 0 Å². The van der Waals surface area contributed by atoms with Crippen LogP contribution in [0.15, 0.2) is 48.7 Å². The van der Waals surface area contributed by atoms with Crippen LogP contribution in [-0.2, 0) is 0 Å². The molecule has 1 aliphatic rings. The van der Waals surface area contributed by atoms with Crippen LogP contribution in [0.5, 0.6) is 0 Å². The van der Waals surface area contributed by atoms with Gasteiger partial charge in [-0.05, 0) is 56.9 Å². The Morgan fingerprint density at radius 2 is 1.79 bits per heavy atom. The molecule has 2 amide bonds. The number of nitrogens with one attached hydrogen (secondary N) is 1. The number of hydrogen-bond acceptors (Lipinski definition) is 5. The lowest BCUT2D eigenvalue weighted by molar-refractivity contribution is 0.0783. The number of nitrogens with two attached hydrogens (primary N) is 1. The number of hydrogen-bond donors (Lipinski definition) is 2. The maximum absolute atomic E-state index is 12.8. The normalized spacial score (nSPS) is 15.8. The molecule has 0 spiro atoms. The second-order valence-electron chi connectivity index (χ2n) is 8.13. The predicted octanol–water partition coefficient (Wildman–Crippen LogP) is 3.80. The van der Waals surface area contributed by atoms with E-state index in [1.54, 1.807) is 48.7 Å². The molecular weight excluding hydrogens is 463 g/mol. The molecule has 4 rings (SSSR count). The number of likely N-dealkylation sites (N-methyl/N-ethyl adjacent to an activating group) is 1. The van der Waals surface area contributed by atoms with Crippen molar-refractivity contribution >= 4 is 46.4 Å². The first kappa shape index (κ1) is 23.1. The van der Waals surface area contributed by atoms with Crippen LogP contribution in [0.25, 0.3) is 5.69 Å². The average Bonchev–Trinajstić information content (AvgIpc) is 3.42. The van der Waals surface area contributed by atoms with Gasteiger partial charge in [0.15, 0.2) is 5.69 Å². The van der Waals surface area contributed by atoms with Gasteiger partial charge in [0.05, 0.1) is 21.9 Å². The molecule has 172 valence electrons. The number of carbonyl (C=O) groups is 2. The zero-order valence-electron chi connectivity index (χ0n) is 18.3. The van der Waals surface area contributed by atoms with Crippen LogP contribution in [0.4, 0.5) is 11.4 Å². The van der Waals surface area contributed by atoms with E-state index < -0.39 is 5.91 Å². The van der Waals surface area contributed by atoms with Gasteiger partial charge in [0.1, 0.15) is 5.69 Å². The summed E-state index contributed by atoms with van der Waals surface area (Å²) in [5.74, 6) is -0.694. The molecule has 2 heterocycles. The predicted molar refractivity (Wildman–Crippen MR) is 130 cm³/mol. The monoisotopic (exact) mass is 486 g/mol. The van der Waals surface area contributed by atoms with Gasteiger partial charge in [-0.25, -0.2) is 4.68 Å². The summed E-state index contributed by atoms with van der Waals surface area (Å²) in [7, 11) is 4.06. The van der Waals surface area contributed by atoms with E-state index in [9.17, 15) is 9.59 Å². The minimum Gasteiger partial charge on any atom is -0.364 e. The van der Waals surface area contributed by atoms with E-state index in [4.69, 9.17) is 28.9 Å². The van der Waals surface area contributed by atoms with Crippen molar-refractivity contribution in [2.24, 2.45) is 5.73 Å². The van der Waals surface area contributed by atoms with Crippen molar-refractivity contribution in [2.45, 2.75) is 12.5 Å². The number of benzene rings is 2. The zero-order chi connectivity index (χ0) is 23.7. The number of halogens is 2. The fourth-order valence-electron chi connectivity index (χ4n) is 3.85. The lowest BCUT2D eigenvalue weighted by Crippen LogP contribution is -2.34. The van der Waals surface area contributed by atoms with Crippen molar-refractivity contribution in [3.05, 3.63) is 70.0 Å². The topological polar surface area (TPSA) is 96.5 Å². The van der Waals surface area contributed by atoms with Gasteiger partial charge >= 0.3 is 0 Å². The van der Waals surface area contributed by atoms with Gasteiger partial charge in [0, 0.05) is 30.4 Å². The van der Waals surface area contributed by atoms with E-state index >= 15 is 0 Å². The number of nitrogens with zero attached hydrogens (tertiary/aromatic N) is 4. The fraction of sp³-hybridized carbons (Fsp3) is 0.261. The summed E-state index contributed by atoms with van der Waals surface area (Å²) in [6.45, 7) is 1.46. The third-order valence-corrected chi connectivity index (χ3v) is 6.32. The quantitative estimate of drug-likeness (QED) is 0.552. The maximum Gasteiger partial charge on any atom is 0.271 e. The Hall–Kier alpha value is -3.07. The van der Waals surface area contributed by atoms with E-state index in [0.29, 0.717) is 38.7 Å². The van der Waals surface area contributed by atoms with Gasteiger partial charge in [-0.2, -0.15) is 5.10 Å². The number of likely N-dealkylation sites (tertiary alicyclic amines) is 1. The van der Waals surface area contributed by atoms with Crippen LogP contribution < -0.4 is 11.1 Å². The lowest BCUT2D eigenvalue weighted by Gasteiger charge is -2.20. The van der Waals surface area contributed by atoms with E-state index in [2.05, 4.69) is 15.3 Å². The molecule has 0 aliphatic carbocycles. The molecule has 1 aromatic heterocycles. The molecule has 3 aromatic rings. The summed E-state index contributed by atoms with van der Waals surface area (Å²) in [6.07, 6.45) is 2.56. The van der Waals surface area contributed by atoms with Crippen molar-refractivity contribution in [1.29, 1.82) is 0 Å². The number of primary amides is 1. The van der Waals surface area contributed by atoms with Gasteiger partial charge in [0.25, 0.3) is 11.8 Å². The molecule has 1 fully saturated rings. The highest BCUT2D eigenvalue weighted by Gasteiger charge is 2.28. The number of anilines is 2. The Morgan fingerprint density at radius 3 is 2.36 bits per heavy atom. The summed E-state index contributed by atoms with van der Waals surface area (Å²) in [6, 6.07) is 12.5. The highest BCUT2D eigenvalue weighted by molar-refractivity contribution is 6.37. The first-order chi connectivity index (χ1) is 15.7. The van der Waals surface area contributed by atoms with Crippen LogP contribution >= 0.6 is 23.2 Å². The smallest absolute Gasteiger partial charge is 0.271 e. The van der Waals surface area contributed by atoms with Crippen LogP contribution in [0.1, 0.15) is 27.3 Å². The van der Waals surface area contributed by atoms with Crippen molar-refractivity contribution in [2.75, 3.05) is 32.5 Å². The summed E-state index contributed by atoms with van der Waals surface area (Å²) < 4.78 is 1.42. The number of para-hydroxylation sites is 1. The highest BCUT2D eigenvalue weighted by atomic mass is 35.5. The van der Waals surface area contributed by atoms with Gasteiger partial charge < -0.3 is 20.9 Å². The second kappa shape index (κ2) is 9.43. The third kappa shape index (κ3) is 4.83. The summed E-state index contributed by atoms with van der Waals surface area (Å²) in [5.41, 5.74) is 7.68. The van der Waals surface area contributed by atoms with Gasteiger partial charge in [-0.3, -0.25) is 9.59 Å². The molecule has 1 saturated heterocycles. The summed E-state index contributed by atoms with van der Waals surface area (Å²) >= 11 is 12.5. The lowest BCUT2D eigenvalue weighted by atomic mass is 10.1. The molecule has 0 saturated carbocycles. The summed E-state index contributed by atoms with van der Waals surface area (Å²) in [5, 5.41) is 8.17. The molecule has 1 atom stereocenters. The van der Waals surface area contributed by atoms with Crippen LogP contribution in [0, 0.1) is 0 Å². The Labute approximate surface area is 201 Å². The molecule has 33 heavy (non-hydrogen) atoms. The van der Waals surface area contributed by atoms with Crippen molar-refractivity contribution in [1.82, 2.24) is 19.6 Å². The molecule has 10 heteroatoms. The molecule has 1 aliphatic heterocycles. The number of aromatic nitrogens is 2. The molecule has 2 aromatic carbocycles. The van der Waals surface area contributed by atoms with Gasteiger partial charge in [-0.15, -0.1) is 0 Å². The minimum absolute atomic E-state index is 0.00454. The molecule has 3 N–H and O–H groups in total. The average molecular weight is 487 g/mol. The Balaban J connectivity index is 1.54. The Kier molecular flexibility index (Phi) is 6.60. The zero-order valence-corrected chi connectivity index (χ0v) is 19.8. The fourth-order valence-corrected chi connectivity index (χ4v) is 4.42. The molecular formula is C23H24Cl2N6O2. The molecule has 1 unspecified atom stereocenters. The van der Waals surface area contributed by atoms with Gasteiger partial charge in [-0.1, -0.05) is 29.3 Å². The van der Waals surface area contributed by atoms with E-state index in [1.807, 2.05) is 19.0 Å². The number of carbonyl (C=O) groups excluding carboxylic acids is 2. The molecule has 0 radical (unpaired) electrons. The Bertz CT molecular complexity index is 1170. The standard InChI is InChI=1S/C23H24Cl2N6O2/c1-29(2)16-10-11-30(12-16)23(33)14-6-8-15(9-7-14)27-19-13-31(28-20(19)22(26)32)21-17(24)4-3-5-18(21)25/h3-9,13,16,27H,10-12H2,1-2H3,(H2,26,32). The second-order valence-corrected chi connectivity index (χ2v) is 8.94. The van der Waals surface area contributed by atoms with E-state index in [1.165, 1.54) is 4.68 Å². The van der Waals surface area contributed by atoms with Crippen molar-refractivity contribution < 1.29 is 9.59 Å². The SMILES string of the molecule is CN(C)C1CCN(C(=O)c2ccc(Nc3cn(-c4c(Cl)cccc4Cl)nc3C(N)=O)cc2)C1. The van der Waals surface area contributed by atoms with Crippen LogP contribution in [0.3, 0.4) is 0 Å². The summed E-state index contributed by atoms with van der Waals surface area (Å²) in [4.78, 5) is 28.8. The van der Waals surface area contributed by atoms with Crippen molar-refractivity contribution in [3.8, 4) is 5.69 Å². The van der Waals surface area contributed by atoms with Crippen molar-refractivity contribution in [3.63, 3.8) is 0 Å². The number of rotatable bonds is 6.